The summed E-state index contributed by atoms with van der Waals surface area (Å²) >= 11 is 0. The number of aryl methyl sites for hydroxylation is 1. The number of H-pyrrole nitrogens is 1. The summed E-state index contributed by atoms with van der Waals surface area (Å²) in [5, 5.41) is 12.4. The van der Waals surface area contributed by atoms with E-state index in [-0.39, 0.29) is 11.8 Å². The van der Waals surface area contributed by atoms with Crippen molar-refractivity contribution in [3.05, 3.63) is 83.4 Å². The SMILES string of the molecule is O=C(CCc1ccc2ccccc2c1)Nc1n[nH]c2c1CN(C(=O)c1ccco1)C2. The predicted octanol–water partition coefficient (Wildman–Crippen LogP) is 3.88. The fourth-order valence-corrected chi connectivity index (χ4v) is 3.79. The molecule has 0 radical (unpaired) electrons. The van der Waals surface area contributed by atoms with Gasteiger partial charge in [-0.05, 0) is 34.9 Å². The Hall–Kier alpha value is -3.87. The number of aromatic nitrogens is 2. The van der Waals surface area contributed by atoms with Crippen molar-refractivity contribution in [1.29, 1.82) is 0 Å². The summed E-state index contributed by atoms with van der Waals surface area (Å²) in [7, 11) is 0. The van der Waals surface area contributed by atoms with E-state index < -0.39 is 0 Å². The number of benzene rings is 2. The number of amides is 2. The van der Waals surface area contributed by atoms with Crippen molar-refractivity contribution in [3.63, 3.8) is 0 Å². The molecular formula is C23H20N4O3. The Balaban J connectivity index is 1.21. The number of hydrogen-bond acceptors (Lipinski definition) is 4. The molecule has 2 N–H and O–H groups in total. The van der Waals surface area contributed by atoms with Crippen molar-refractivity contribution in [2.75, 3.05) is 5.32 Å². The minimum Gasteiger partial charge on any atom is -0.459 e. The Morgan fingerprint density at radius 1 is 1.07 bits per heavy atom. The van der Waals surface area contributed by atoms with E-state index in [1.807, 2.05) is 12.1 Å². The molecular weight excluding hydrogens is 380 g/mol. The third-order valence-electron chi connectivity index (χ3n) is 5.38. The van der Waals surface area contributed by atoms with Gasteiger partial charge in [-0.2, -0.15) is 5.10 Å². The Bertz CT molecular complexity index is 1230. The number of carbonyl (C=O) groups excluding carboxylic acids is 2. The summed E-state index contributed by atoms with van der Waals surface area (Å²) in [5.74, 6) is 0.504. The van der Waals surface area contributed by atoms with Gasteiger partial charge in [0.2, 0.25) is 5.91 Å². The summed E-state index contributed by atoms with van der Waals surface area (Å²) < 4.78 is 5.19. The number of fused-ring (bicyclic) bond motifs is 2. The van der Waals surface area contributed by atoms with Gasteiger partial charge in [-0.1, -0.05) is 42.5 Å². The molecule has 4 aromatic rings. The molecule has 2 amide bonds. The molecule has 7 nitrogen and oxygen atoms in total. The third kappa shape index (κ3) is 3.45. The number of carbonyl (C=O) groups is 2. The Kier molecular flexibility index (Phi) is 4.55. The second-order valence-corrected chi connectivity index (χ2v) is 7.40. The van der Waals surface area contributed by atoms with Crippen molar-refractivity contribution in [2.24, 2.45) is 0 Å². The van der Waals surface area contributed by atoms with Gasteiger partial charge in [0.1, 0.15) is 0 Å². The van der Waals surface area contributed by atoms with Crippen LogP contribution in [0.3, 0.4) is 0 Å². The van der Waals surface area contributed by atoms with Gasteiger partial charge >= 0.3 is 0 Å². The lowest BCUT2D eigenvalue weighted by Gasteiger charge is -2.14. The van der Waals surface area contributed by atoms with E-state index in [0.717, 1.165) is 16.8 Å². The van der Waals surface area contributed by atoms with Crippen LogP contribution in [0.25, 0.3) is 10.8 Å². The summed E-state index contributed by atoms with van der Waals surface area (Å²) in [6.07, 6.45) is 2.48. The molecule has 0 fully saturated rings. The minimum absolute atomic E-state index is 0.103. The van der Waals surface area contributed by atoms with Gasteiger partial charge in [0.25, 0.3) is 5.91 Å². The van der Waals surface area contributed by atoms with Crippen LogP contribution < -0.4 is 5.32 Å². The number of nitrogens with zero attached hydrogens (tertiary/aromatic N) is 2. The summed E-state index contributed by atoms with van der Waals surface area (Å²) in [5.41, 5.74) is 2.79. The standard InChI is InChI=1S/C23H20N4O3/c28-21(10-8-15-7-9-16-4-1-2-5-17(16)12-15)24-22-18-13-27(14-19(18)25-26-22)23(29)20-6-3-11-30-20/h1-7,9,11-12H,8,10,13-14H2,(H2,24,25,26,28). The summed E-state index contributed by atoms with van der Waals surface area (Å²) in [6, 6.07) is 17.7. The lowest BCUT2D eigenvalue weighted by molar-refractivity contribution is -0.116. The van der Waals surface area contributed by atoms with Crippen molar-refractivity contribution >= 4 is 28.4 Å². The largest absolute Gasteiger partial charge is 0.459 e. The highest BCUT2D eigenvalue weighted by molar-refractivity contribution is 5.93. The van der Waals surface area contributed by atoms with E-state index in [0.29, 0.717) is 37.5 Å². The Labute approximate surface area is 172 Å². The van der Waals surface area contributed by atoms with Crippen LogP contribution in [0, 0.1) is 0 Å². The number of rotatable bonds is 5. The van der Waals surface area contributed by atoms with Crippen LogP contribution in [0.1, 0.15) is 33.8 Å². The summed E-state index contributed by atoms with van der Waals surface area (Å²) in [4.78, 5) is 26.6. The highest BCUT2D eigenvalue weighted by Crippen LogP contribution is 2.28. The van der Waals surface area contributed by atoms with Crippen LogP contribution >= 0.6 is 0 Å². The molecule has 0 aliphatic carbocycles. The van der Waals surface area contributed by atoms with Crippen LogP contribution in [0.4, 0.5) is 5.82 Å². The maximum absolute atomic E-state index is 12.5. The van der Waals surface area contributed by atoms with Crippen molar-refractivity contribution in [1.82, 2.24) is 15.1 Å². The predicted molar refractivity (Wildman–Crippen MR) is 112 cm³/mol. The van der Waals surface area contributed by atoms with Crippen molar-refractivity contribution in [3.8, 4) is 0 Å². The molecule has 0 unspecified atom stereocenters. The lowest BCUT2D eigenvalue weighted by atomic mass is 10.0. The van der Waals surface area contributed by atoms with Gasteiger partial charge in [-0.25, -0.2) is 0 Å². The zero-order chi connectivity index (χ0) is 20.5. The molecule has 150 valence electrons. The molecule has 0 saturated heterocycles. The molecule has 30 heavy (non-hydrogen) atoms. The van der Waals surface area contributed by atoms with Gasteiger partial charge in [-0.15, -0.1) is 0 Å². The van der Waals surface area contributed by atoms with Crippen LogP contribution in [-0.4, -0.2) is 26.9 Å². The molecule has 1 aliphatic heterocycles. The van der Waals surface area contributed by atoms with Gasteiger partial charge in [0.15, 0.2) is 11.6 Å². The molecule has 7 heteroatoms. The van der Waals surface area contributed by atoms with Gasteiger partial charge in [0, 0.05) is 12.0 Å². The van der Waals surface area contributed by atoms with E-state index >= 15 is 0 Å². The molecule has 0 atom stereocenters. The number of hydrogen-bond donors (Lipinski definition) is 2. The van der Waals surface area contributed by atoms with E-state index in [9.17, 15) is 9.59 Å². The Morgan fingerprint density at radius 2 is 1.93 bits per heavy atom. The zero-order valence-electron chi connectivity index (χ0n) is 16.2. The second-order valence-electron chi connectivity index (χ2n) is 7.40. The van der Waals surface area contributed by atoms with E-state index in [4.69, 9.17) is 4.42 Å². The van der Waals surface area contributed by atoms with Gasteiger partial charge in [-0.3, -0.25) is 14.7 Å². The number of aromatic amines is 1. The highest BCUT2D eigenvalue weighted by atomic mass is 16.3. The average molecular weight is 400 g/mol. The molecule has 5 rings (SSSR count). The van der Waals surface area contributed by atoms with E-state index in [1.54, 1.807) is 17.0 Å². The molecule has 0 spiro atoms. The lowest BCUT2D eigenvalue weighted by Crippen LogP contribution is -2.25. The first kappa shape index (κ1) is 18.2. The molecule has 0 saturated carbocycles. The molecule has 2 aromatic heterocycles. The Morgan fingerprint density at radius 3 is 2.77 bits per heavy atom. The minimum atomic E-state index is -0.182. The number of anilines is 1. The van der Waals surface area contributed by atoms with Crippen molar-refractivity contribution in [2.45, 2.75) is 25.9 Å². The van der Waals surface area contributed by atoms with Gasteiger partial charge < -0.3 is 14.6 Å². The normalized spacial score (nSPS) is 12.9. The van der Waals surface area contributed by atoms with Crippen LogP contribution in [0.2, 0.25) is 0 Å². The van der Waals surface area contributed by atoms with E-state index in [2.05, 4.69) is 45.8 Å². The molecule has 1 aliphatic rings. The zero-order valence-corrected chi connectivity index (χ0v) is 16.2. The second kappa shape index (κ2) is 7.51. The first-order valence-electron chi connectivity index (χ1n) is 9.84. The first-order valence-corrected chi connectivity index (χ1v) is 9.84. The van der Waals surface area contributed by atoms with E-state index in [1.165, 1.54) is 17.0 Å². The smallest absolute Gasteiger partial charge is 0.290 e. The number of nitrogens with one attached hydrogen (secondary N) is 2. The van der Waals surface area contributed by atoms with Gasteiger partial charge in [0.05, 0.1) is 25.0 Å². The number of furan rings is 1. The maximum Gasteiger partial charge on any atom is 0.290 e. The van der Waals surface area contributed by atoms with Crippen molar-refractivity contribution < 1.29 is 14.0 Å². The quantitative estimate of drug-likeness (QED) is 0.532. The van der Waals surface area contributed by atoms with Crippen LogP contribution in [0.5, 0.6) is 0 Å². The monoisotopic (exact) mass is 400 g/mol. The maximum atomic E-state index is 12.5. The summed E-state index contributed by atoms with van der Waals surface area (Å²) in [6.45, 7) is 0.792. The molecule has 3 heterocycles. The van der Waals surface area contributed by atoms with Crippen LogP contribution in [0.15, 0.2) is 65.3 Å². The topological polar surface area (TPSA) is 91.2 Å². The van der Waals surface area contributed by atoms with Crippen LogP contribution in [-0.2, 0) is 24.3 Å². The third-order valence-corrected chi connectivity index (χ3v) is 5.38. The fraction of sp³-hybridized carbons (Fsp3) is 0.174. The fourth-order valence-electron chi connectivity index (χ4n) is 3.79. The molecule has 2 aromatic carbocycles. The molecule has 0 bridgehead atoms. The average Bonchev–Trinajstić information content (AvgIpc) is 3.50. The first-order chi connectivity index (χ1) is 14.7. The highest BCUT2D eigenvalue weighted by Gasteiger charge is 2.30.